The predicted molar refractivity (Wildman–Crippen MR) is 93.0 cm³/mol. The van der Waals surface area contributed by atoms with Crippen molar-refractivity contribution in [3.05, 3.63) is 48.2 Å². The molecule has 6 heteroatoms. The summed E-state index contributed by atoms with van der Waals surface area (Å²) < 4.78 is 7.16. The van der Waals surface area contributed by atoms with Crippen LogP contribution in [0.4, 0.5) is 10.6 Å². The highest BCUT2D eigenvalue weighted by molar-refractivity contribution is 5.88. The van der Waals surface area contributed by atoms with Crippen LogP contribution in [0.15, 0.2) is 42.6 Å². The van der Waals surface area contributed by atoms with Gasteiger partial charge in [0, 0.05) is 25.8 Å². The van der Waals surface area contributed by atoms with Crippen LogP contribution < -0.4 is 10.6 Å². The molecule has 1 aromatic heterocycles. The molecule has 2 heterocycles. The summed E-state index contributed by atoms with van der Waals surface area (Å²) in [5, 5.41) is 10.2. The molecule has 0 aliphatic carbocycles. The van der Waals surface area contributed by atoms with Gasteiger partial charge in [-0.3, -0.25) is 5.32 Å². The molecule has 1 aliphatic rings. The number of carbonyl (C=O) groups is 1. The van der Waals surface area contributed by atoms with E-state index in [1.54, 1.807) is 6.20 Å². The fraction of sp³-hybridized carbons (Fsp3) is 0.444. The van der Waals surface area contributed by atoms with Gasteiger partial charge in [-0.2, -0.15) is 5.10 Å². The standard InChI is InChI=1S/C18H24N4O2/c1-14(16-5-3-2-4-6-16)22-17(7-10-20-22)21-18(23)19-13-15-8-11-24-12-9-15/h2-7,10,14-15H,8-9,11-13H2,1H3,(H2,19,21,23)/t14-/m0/s1. The summed E-state index contributed by atoms with van der Waals surface area (Å²) in [4.78, 5) is 12.2. The fourth-order valence-electron chi connectivity index (χ4n) is 2.94. The number of anilines is 1. The van der Waals surface area contributed by atoms with E-state index in [-0.39, 0.29) is 12.1 Å². The van der Waals surface area contributed by atoms with Crippen LogP contribution in [-0.4, -0.2) is 35.6 Å². The molecule has 0 unspecified atom stereocenters. The first-order valence-electron chi connectivity index (χ1n) is 8.45. The minimum atomic E-state index is -0.191. The lowest BCUT2D eigenvalue weighted by atomic mass is 10.0. The van der Waals surface area contributed by atoms with Gasteiger partial charge in [0.05, 0.1) is 12.2 Å². The van der Waals surface area contributed by atoms with Gasteiger partial charge < -0.3 is 10.1 Å². The van der Waals surface area contributed by atoms with Gasteiger partial charge in [0.25, 0.3) is 0 Å². The van der Waals surface area contributed by atoms with Gasteiger partial charge in [-0.05, 0) is 31.2 Å². The predicted octanol–water partition coefficient (Wildman–Crippen LogP) is 3.04. The van der Waals surface area contributed by atoms with Crippen molar-refractivity contribution in [1.29, 1.82) is 0 Å². The van der Waals surface area contributed by atoms with Crippen molar-refractivity contribution < 1.29 is 9.53 Å². The molecule has 2 aromatic rings. The highest BCUT2D eigenvalue weighted by Crippen LogP contribution is 2.21. The first kappa shape index (κ1) is 16.5. The third-order valence-corrected chi connectivity index (χ3v) is 4.45. The Morgan fingerprint density at radius 1 is 1.29 bits per heavy atom. The van der Waals surface area contributed by atoms with Gasteiger partial charge in [0.1, 0.15) is 5.82 Å². The largest absolute Gasteiger partial charge is 0.381 e. The van der Waals surface area contributed by atoms with Crippen molar-refractivity contribution in [3.63, 3.8) is 0 Å². The molecule has 1 aromatic carbocycles. The van der Waals surface area contributed by atoms with Crippen LogP contribution >= 0.6 is 0 Å². The summed E-state index contributed by atoms with van der Waals surface area (Å²) in [7, 11) is 0. The van der Waals surface area contributed by atoms with E-state index in [9.17, 15) is 4.79 Å². The van der Waals surface area contributed by atoms with E-state index in [0.29, 0.717) is 18.3 Å². The molecule has 0 saturated carbocycles. The average Bonchev–Trinajstić information content (AvgIpc) is 3.09. The molecule has 1 saturated heterocycles. The van der Waals surface area contributed by atoms with Crippen LogP contribution in [0.1, 0.15) is 31.4 Å². The van der Waals surface area contributed by atoms with Crippen molar-refractivity contribution >= 4 is 11.8 Å². The van der Waals surface area contributed by atoms with Crippen LogP contribution in [0.2, 0.25) is 0 Å². The smallest absolute Gasteiger partial charge is 0.320 e. The van der Waals surface area contributed by atoms with Gasteiger partial charge in [-0.25, -0.2) is 9.48 Å². The number of amides is 2. The van der Waals surface area contributed by atoms with Crippen molar-refractivity contribution in [2.24, 2.45) is 5.92 Å². The number of ether oxygens (including phenoxy) is 1. The number of nitrogens with one attached hydrogen (secondary N) is 2. The fourth-order valence-corrected chi connectivity index (χ4v) is 2.94. The maximum absolute atomic E-state index is 12.2. The number of hydrogen-bond donors (Lipinski definition) is 2. The van der Waals surface area contributed by atoms with E-state index < -0.39 is 0 Å². The maximum atomic E-state index is 12.2. The monoisotopic (exact) mass is 328 g/mol. The van der Waals surface area contributed by atoms with Crippen molar-refractivity contribution in [1.82, 2.24) is 15.1 Å². The number of carbonyl (C=O) groups excluding carboxylic acids is 1. The van der Waals surface area contributed by atoms with Gasteiger partial charge in [-0.15, -0.1) is 0 Å². The van der Waals surface area contributed by atoms with E-state index in [2.05, 4.69) is 34.8 Å². The summed E-state index contributed by atoms with van der Waals surface area (Å²) in [6.45, 7) is 4.32. The summed E-state index contributed by atoms with van der Waals surface area (Å²) in [5.41, 5.74) is 1.15. The molecule has 3 rings (SSSR count). The molecule has 128 valence electrons. The molecule has 2 N–H and O–H groups in total. The lowest BCUT2D eigenvalue weighted by molar-refractivity contribution is 0.0671. The van der Waals surface area contributed by atoms with E-state index in [0.717, 1.165) is 31.6 Å². The van der Waals surface area contributed by atoms with Gasteiger partial charge in [0.15, 0.2) is 0 Å². The third-order valence-electron chi connectivity index (χ3n) is 4.45. The summed E-state index contributed by atoms with van der Waals surface area (Å²) >= 11 is 0. The zero-order chi connectivity index (χ0) is 16.8. The first-order valence-corrected chi connectivity index (χ1v) is 8.45. The first-order chi connectivity index (χ1) is 11.7. The molecule has 24 heavy (non-hydrogen) atoms. The molecule has 1 aliphatic heterocycles. The van der Waals surface area contributed by atoms with Gasteiger partial charge in [0.2, 0.25) is 0 Å². The Kier molecular flexibility index (Phi) is 5.48. The highest BCUT2D eigenvalue weighted by Gasteiger charge is 2.16. The minimum Gasteiger partial charge on any atom is -0.381 e. The Morgan fingerprint density at radius 3 is 2.79 bits per heavy atom. The maximum Gasteiger partial charge on any atom is 0.320 e. The van der Waals surface area contributed by atoms with E-state index in [1.165, 1.54) is 0 Å². The molecule has 2 amide bonds. The molecule has 0 spiro atoms. The van der Waals surface area contributed by atoms with Crippen molar-refractivity contribution in [3.8, 4) is 0 Å². The molecular formula is C18H24N4O2. The minimum absolute atomic E-state index is 0.0481. The van der Waals surface area contributed by atoms with Gasteiger partial charge >= 0.3 is 6.03 Å². The number of urea groups is 1. The summed E-state index contributed by atoms with van der Waals surface area (Å²) in [5.74, 6) is 1.19. The Balaban J connectivity index is 1.57. The number of hydrogen-bond acceptors (Lipinski definition) is 3. The number of benzene rings is 1. The SMILES string of the molecule is C[C@@H](c1ccccc1)n1nccc1NC(=O)NCC1CCOCC1. The zero-order valence-corrected chi connectivity index (χ0v) is 13.9. The van der Waals surface area contributed by atoms with Crippen LogP contribution in [0.5, 0.6) is 0 Å². The van der Waals surface area contributed by atoms with E-state index in [1.807, 2.05) is 28.9 Å². The Labute approximate surface area is 142 Å². The third kappa shape index (κ3) is 4.14. The van der Waals surface area contributed by atoms with Gasteiger partial charge in [-0.1, -0.05) is 30.3 Å². The number of nitrogens with zero attached hydrogens (tertiary/aromatic N) is 2. The molecule has 0 bridgehead atoms. The second kappa shape index (κ2) is 7.97. The molecular weight excluding hydrogens is 304 g/mol. The average molecular weight is 328 g/mol. The van der Waals surface area contributed by atoms with Crippen LogP contribution in [0.3, 0.4) is 0 Å². The second-order valence-electron chi connectivity index (χ2n) is 6.14. The molecule has 1 fully saturated rings. The van der Waals surface area contributed by atoms with Crippen LogP contribution in [-0.2, 0) is 4.74 Å². The Morgan fingerprint density at radius 2 is 2.04 bits per heavy atom. The van der Waals surface area contributed by atoms with Crippen LogP contribution in [0.25, 0.3) is 0 Å². The van der Waals surface area contributed by atoms with E-state index >= 15 is 0 Å². The lowest BCUT2D eigenvalue weighted by Gasteiger charge is -2.22. The zero-order valence-electron chi connectivity index (χ0n) is 13.9. The molecule has 6 nitrogen and oxygen atoms in total. The Bertz CT molecular complexity index is 650. The van der Waals surface area contributed by atoms with Crippen molar-refractivity contribution in [2.75, 3.05) is 25.1 Å². The highest BCUT2D eigenvalue weighted by atomic mass is 16.5. The number of aromatic nitrogens is 2. The molecule has 1 atom stereocenters. The molecule has 0 radical (unpaired) electrons. The number of rotatable bonds is 5. The normalized spacial score (nSPS) is 16.5. The second-order valence-corrected chi connectivity index (χ2v) is 6.14. The lowest BCUT2D eigenvalue weighted by Crippen LogP contribution is -2.35. The van der Waals surface area contributed by atoms with Crippen LogP contribution in [0, 0.1) is 5.92 Å². The topological polar surface area (TPSA) is 68.2 Å². The van der Waals surface area contributed by atoms with Crippen molar-refractivity contribution in [2.45, 2.75) is 25.8 Å². The Hall–Kier alpha value is -2.34. The summed E-state index contributed by atoms with van der Waals surface area (Å²) in [6, 6.07) is 11.8. The van der Waals surface area contributed by atoms with E-state index in [4.69, 9.17) is 4.74 Å². The summed E-state index contributed by atoms with van der Waals surface area (Å²) in [6.07, 6.45) is 3.71. The quantitative estimate of drug-likeness (QED) is 0.886.